The summed E-state index contributed by atoms with van der Waals surface area (Å²) in [7, 11) is 0. The van der Waals surface area contributed by atoms with Crippen LogP contribution in [-0.4, -0.2) is 22.2 Å². The van der Waals surface area contributed by atoms with E-state index in [4.69, 9.17) is 23.2 Å². The Morgan fingerprint density at radius 1 is 1.00 bits per heavy atom. The molecule has 1 N–H and O–H groups in total. The number of aromatic nitrogens is 2. The first-order valence-corrected chi connectivity index (χ1v) is 10.4. The van der Waals surface area contributed by atoms with Crippen LogP contribution in [0.2, 0.25) is 10.0 Å². The molecule has 152 valence electrons. The number of amides is 1. The van der Waals surface area contributed by atoms with Gasteiger partial charge in [0.25, 0.3) is 0 Å². The molecule has 0 fully saturated rings. The number of rotatable bonds is 7. The molecule has 1 amide bonds. The van der Waals surface area contributed by atoms with Crippen LogP contribution in [0.3, 0.4) is 0 Å². The van der Waals surface area contributed by atoms with Gasteiger partial charge in [0.05, 0.1) is 5.69 Å². The zero-order valence-corrected chi connectivity index (χ0v) is 18.3. The third-order valence-corrected chi connectivity index (χ3v) is 5.72. The normalized spacial score (nSPS) is 13.1. The Kier molecular flexibility index (Phi) is 6.99. The van der Waals surface area contributed by atoms with Gasteiger partial charge in [0.1, 0.15) is 6.54 Å². The number of carbonyl (C=O) groups is 1. The van der Waals surface area contributed by atoms with Gasteiger partial charge in [-0.1, -0.05) is 54.4 Å². The third-order valence-electron chi connectivity index (χ3n) is 5.21. The molecule has 4 nitrogen and oxygen atoms in total. The fourth-order valence-electron chi connectivity index (χ4n) is 3.54. The van der Waals surface area contributed by atoms with Crippen LogP contribution in [0.15, 0.2) is 54.6 Å². The van der Waals surface area contributed by atoms with Crippen molar-refractivity contribution in [2.75, 3.05) is 6.54 Å². The van der Waals surface area contributed by atoms with Gasteiger partial charge >= 0.3 is 0 Å². The Labute approximate surface area is 181 Å². The lowest BCUT2D eigenvalue weighted by atomic mass is 9.82. The van der Waals surface area contributed by atoms with Gasteiger partial charge < -0.3 is 5.32 Å². The van der Waals surface area contributed by atoms with Gasteiger partial charge in [-0.15, -0.1) is 0 Å². The van der Waals surface area contributed by atoms with Crippen molar-refractivity contribution in [2.24, 2.45) is 0 Å². The van der Waals surface area contributed by atoms with Crippen LogP contribution in [0, 0.1) is 13.8 Å². The first kappa shape index (κ1) is 21.4. The lowest BCUT2D eigenvalue weighted by Gasteiger charge is -2.25. The van der Waals surface area contributed by atoms with Crippen LogP contribution < -0.4 is 5.32 Å². The van der Waals surface area contributed by atoms with Gasteiger partial charge in [0.2, 0.25) is 5.91 Å². The molecule has 0 radical (unpaired) electrons. The minimum atomic E-state index is -0.0570. The largest absolute Gasteiger partial charge is 0.354 e. The lowest BCUT2D eigenvalue weighted by molar-refractivity contribution is -0.121. The van der Waals surface area contributed by atoms with E-state index in [1.807, 2.05) is 68.4 Å². The van der Waals surface area contributed by atoms with E-state index in [-0.39, 0.29) is 24.3 Å². The summed E-state index contributed by atoms with van der Waals surface area (Å²) in [6, 6.07) is 17.6. The van der Waals surface area contributed by atoms with Gasteiger partial charge in [-0.3, -0.25) is 9.48 Å². The molecule has 6 heteroatoms. The quantitative estimate of drug-likeness (QED) is 0.537. The molecule has 0 aliphatic heterocycles. The molecule has 3 rings (SSSR count). The van der Waals surface area contributed by atoms with E-state index < -0.39 is 0 Å². The van der Waals surface area contributed by atoms with Crippen molar-refractivity contribution >= 4 is 29.1 Å². The monoisotopic (exact) mass is 429 g/mol. The van der Waals surface area contributed by atoms with Gasteiger partial charge in [-0.2, -0.15) is 5.10 Å². The molecule has 1 heterocycles. The minimum Gasteiger partial charge on any atom is -0.354 e. The molecule has 2 aromatic carbocycles. The van der Waals surface area contributed by atoms with Gasteiger partial charge in [-0.05, 0) is 61.2 Å². The maximum Gasteiger partial charge on any atom is 0.241 e. The highest BCUT2D eigenvalue weighted by molar-refractivity contribution is 6.30. The summed E-state index contributed by atoms with van der Waals surface area (Å²) < 4.78 is 1.73. The molecule has 0 spiro atoms. The van der Waals surface area contributed by atoms with Crippen LogP contribution >= 0.6 is 23.2 Å². The van der Waals surface area contributed by atoms with Crippen LogP contribution in [-0.2, 0) is 11.3 Å². The lowest BCUT2D eigenvalue weighted by Crippen LogP contribution is -2.33. The van der Waals surface area contributed by atoms with E-state index >= 15 is 0 Å². The number of nitrogens with zero attached hydrogens (tertiary/aromatic N) is 2. The van der Waals surface area contributed by atoms with E-state index in [1.165, 1.54) is 5.56 Å². The third kappa shape index (κ3) is 5.62. The molecule has 0 bridgehead atoms. The minimum absolute atomic E-state index is 0.0570. The van der Waals surface area contributed by atoms with E-state index in [0.29, 0.717) is 16.6 Å². The van der Waals surface area contributed by atoms with Crippen LogP contribution in [0.4, 0.5) is 0 Å². The molecule has 2 unspecified atom stereocenters. The van der Waals surface area contributed by atoms with E-state index in [2.05, 4.69) is 17.3 Å². The summed E-state index contributed by atoms with van der Waals surface area (Å²) in [5.41, 5.74) is 4.18. The molecule has 0 saturated carbocycles. The van der Waals surface area contributed by atoms with Crippen molar-refractivity contribution < 1.29 is 4.79 Å². The molecule has 1 aromatic heterocycles. The zero-order valence-electron chi connectivity index (χ0n) is 16.8. The number of nitrogens with one attached hydrogen (secondary N) is 1. The molecule has 29 heavy (non-hydrogen) atoms. The number of aryl methyl sites for hydroxylation is 2. The molecule has 0 aliphatic rings. The predicted molar refractivity (Wildman–Crippen MR) is 119 cm³/mol. The van der Waals surface area contributed by atoms with Crippen molar-refractivity contribution in [1.29, 1.82) is 0 Å². The van der Waals surface area contributed by atoms with Crippen molar-refractivity contribution in [3.8, 4) is 0 Å². The van der Waals surface area contributed by atoms with Crippen molar-refractivity contribution in [1.82, 2.24) is 15.1 Å². The molecule has 0 aliphatic carbocycles. The summed E-state index contributed by atoms with van der Waals surface area (Å²) >= 11 is 12.1. The van der Waals surface area contributed by atoms with E-state index in [9.17, 15) is 4.79 Å². The molecule has 0 saturated heterocycles. The topological polar surface area (TPSA) is 46.9 Å². The highest BCUT2D eigenvalue weighted by atomic mass is 35.5. The molecular weight excluding hydrogens is 405 g/mol. The number of hydrogen-bond acceptors (Lipinski definition) is 2. The zero-order chi connectivity index (χ0) is 21.0. The van der Waals surface area contributed by atoms with Gasteiger partial charge in [0.15, 0.2) is 0 Å². The number of benzene rings is 2. The first-order chi connectivity index (χ1) is 13.8. The van der Waals surface area contributed by atoms with Gasteiger partial charge in [0, 0.05) is 28.2 Å². The Morgan fingerprint density at radius 2 is 1.55 bits per heavy atom. The number of halogens is 2. The van der Waals surface area contributed by atoms with Crippen LogP contribution in [0.25, 0.3) is 0 Å². The maximum absolute atomic E-state index is 12.6. The van der Waals surface area contributed by atoms with Crippen molar-refractivity contribution in [3.05, 3.63) is 87.2 Å². The summed E-state index contributed by atoms with van der Waals surface area (Å²) in [4.78, 5) is 12.6. The smallest absolute Gasteiger partial charge is 0.241 e. The number of hydrogen-bond donors (Lipinski definition) is 1. The van der Waals surface area contributed by atoms with Gasteiger partial charge in [-0.25, -0.2) is 0 Å². The van der Waals surface area contributed by atoms with Crippen molar-refractivity contribution in [2.45, 2.75) is 39.2 Å². The maximum atomic E-state index is 12.6. The Morgan fingerprint density at radius 3 is 2.07 bits per heavy atom. The van der Waals surface area contributed by atoms with Crippen LogP contribution in [0.5, 0.6) is 0 Å². The summed E-state index contributed by atoms with van der Waals surface area (Å²) in [6.07, 6.45) is 0. The highest BCUT2D eigenvalue weighted by Crippen LogP contribution is 2.33. The summed E-state index contributed by atoms with van der Waals surface area (Å²) in [6.45, 7) is 6.76. The summed E-state index contributed by atoms with van der Waals surface area (Å²) in [5, 5.41) is 8.85. The predicted octanol–water partition coefficient (Wildman–Crippen LogP) is 5.51. The molecule has 3 aromatic rings. The average Bonchev–Trinajstić information content (AvgIpc) is 3.00. The second-order valence-electron chi connectivity index (χ2n) is 7.39. The Balaban J connectivity index is 1.75. The first-order valence-electron chi connectivity index (χ1n) is 9.62. The average molecular weight is 430 g/mol. The SMILES string of the molecule is Cc1cc(C)n(CC(=O)NCC(c2ccc(Cl)cc2)C(C)c2ccc(Cl)cc2)n1. The fraction of sp³-hybridized carbons (Fsp3) is 0.304. The standard InChI is InChI=1S/C23H25Cl2N3O/c1-15-12-16(2)28(27-15)14-23(29)26-13-22(19-6-10-21(25)11-7-19)17(3)18-4-8-20(24)9-5-18/h4-12,17,22H,13-14H2,1-3H3,(H,26,29). The van der Waals surface area contributed by atoms with Crippen molar-refractivity contribution in [3.63, 3.8) is 0 Å². The summed E-state index contributed by atoms with van der Waals surface area (Å²) in [5.74, 6) is 0.221. The number of carbonyl (C=O) groups excluding carboxylic acids is 1. The fourth-order valence-corrected chi connectivity index (χ4v) is 3.79. The Hall–Kier alpha value is -2.30. The second kappa shape index (κ2) is 9.47. The highest BCUT2D eigenvalue weighted by Gasteiger charge is 2.22. The Bertz CT molecular complexity index is 965. The van der Waals surface area contributed by atoms with E-state index in [1.54, 1.807) is 4.68 Å². The molecular formula is C23H25Cl2N3O. The second-order valence-corrected chi connectivity index (χ2v) is 8.26. The van der Waals surface area contributed by atoms with E-state index in [0.717, 1.165) is 17.0 Å². The molecule has 2 atom stereocenters. The van der Waals surface area contributed by atoms with Crippen LogP contribution in [0.1, 0.15) is 41.3 Å².